The van der Waals surface area contributed by atoms with Gasteiger partial charge in [0.05, 0.1) is 23.5 Å². The van der Waals surface area contributed by atoms with E-state index in [-0.39, 0.29) is 11.7 Å². The number of methoxy groups -OCH3 is 1. The third-order valence-corrected chi connectivity index (χ3v) is 4.67. The molecule has 0 fully saturated rings. The third kappa shape index (κ3) is 5.02. The lowest BCUT2D eigenvalue weighted by molar-refractivity contribution is -0.137. The summed E-state index contributed by atoms with van der Waals surface area (Å²) in [6.07, 6.45) is -3.71. The van der Waals surface area contributed by atoms with E-state index < -0.39 is 11.7 Å². The highest BCUT2D eigenvalue weighted by Gasteiger charge is 2.30. The summed E-state index contributed by atoms with van der Waals surface area (Å²) in [5, 5.41) is 14.3. The van der Waals surface area contributed by atoms with E-state index in [0.717, 1.165) is 24.0 Å². The van der Waals surface area contributed by atoms with Crippen molar-refractivity contribution in [2.24, 2.45) is 0 Å². The minimum Gasteiger partial charge on any atom is -0.494 e. The topological polar surface area (TPSA) is 94.8 Å². The number of benzene rings is 1. The first kappa shape index (κ1) is 20.6. The number of anilines is 1. The summed E-state index contributed by atoms with van der Waals surface area (Å²) in [5.74, 6) is 0.683. The Morgan fingerprint density at radius 1 is 1.28 bits per heavy atom. The molecule has 29 heavy (non-hydrogen) atoms. The van der Waals surface area contributed by atoms with Crippen molar-refractivity contribution in [1.82, 2.24) is 25.2 Å². The van der Waals surface area contributed by atoms with Gasteiger partial charge in [0.15, 0.2) is 5.82 Å². The average Bonchev–Trinajstić information content (AvgIpc) is 3.11. The fourth-order valence-corrected chi connectivity index (χ4v) is 3.00. The molecule has 0 aliphatic heterocycles. The van der Waals surface area contributed by atoms with E-state index >= 15 is 0 Å². The fourth-order valence-electron chi connectivity index (χ4n) is 2.36. The van der Waals surface area contributed by atoms with Crippen LogP contribution in [0.2, 0.25) is 0 Å². The summed E-state index contributed by atoms with van der Waals surface area (Å²) in [6, 6.07) is 7.13. The number of pyridine rings is 1. The average molecular weight is 424 g/mol. The molecule has 2 heterocycles. The van der Waals surface area contributed by atoms with Crippen LogP contribution in [-0.2, 0) is 11.0 Å². The maximum absolute atomic E-state index is 12.6. The molecular formula is C17H15F3N6O2S. The van der Waals surface area contributed by atoms with Crippen LogP contribution in [-0.4, -0.2) is 44.0 Å². The summed E-state index contributed by atoms with van der Waals surface area (Å²) in [5.41, 5.74) is 0.196. The molecule has 0 bridgehead atoms. The lowest BCUT2D eigenvalue weighted by Gasteiger charge is -2.12. The van der Waals surface area contributed by atoms with Gasteiger partial charge in [0.25, 0.3) is 0 Å². The normalized spacial score (nSPS) is 11.3. The molecule has 1 aromatic carbocycles. The molecule has 3 aromatic rings. The first-order valence-electron chi connectivity index (χ1n) is 8.17. The van der Waals surface area contributed by atoms with Gasteiger partial charge in [0, 0.05) is 11.9 Å². The van der Waals surface area contributed by atoms with Crippen molar-refractivity contribution in [2.75, 3.05) is 18.2 Å². The van der Waals surface area contributed by atoms with Crippen molar-refractivity contribution in [1.29, 1.82) is 0 Å². The molecule has 1 N–H and O–H groups in total. The van der Waals surface area contributed by atoms with Crippen molar-refractivity contribution >= 4 is 23.4 Å². The predicted molar refractivity (Wildman–Crippen MR) is 99.0 cm³/mol. The van der Waals surface area contributed by atoms with Crippen LogP contribution in [0, 0.1) is 6.92 Å². The molecule has 0 atom stereocenters. The van der Waals surface area contributed by atoms with E-state index in [4.69, 9.17) is 4.74 Å². The van der Waals surface area contributed by atoms with Gasteiger partial charge in [-0.3, -0.25) is 4.79 Å². The Hall–Kier alpha value is -3.15. The number of aromatic nitrogens is 5. The second-order valence-corrected chi connectivity index (χ2v) is 6.74. The van der Waals surface area contributed by atoms with Gasteiger partial charge in [-0.25, -0.2) is 4.98 Å². The minimum atomic E-state index is -4.45. The Morgan fingerprint density at radius 3 is 2.66 bits per heavy atom. The monoisotopic (exact) mass is 424 g/mol. The van der Waals surface area contributed by atoms with Gasteiger partial charge in [-0.2, -0.15) is 17.9 Å². The highest BCUT2D eigenvalue weighted by molar-refractivity contribution is 7.99. The largest absolute Gasteiger partial charge is 0.494 e. The van der Waals surface area contributed by atoms with Crippen LogP contribution in [0.4, 0.5) is 18.9 Å². The quantitative estimate of drug-likeness (QED) is 0.608. The van der Waals surface area contributed by atoms with E-state index in [1.807, 2.05) is 0 Å². The first-order chi connectivity index (χ1) is 13.8. The molecular weight excluding hydrogens is 409 g/mol. The summed E-state index contributed by atoms with van der Waals surface area (Å²) in [6.45, 7) is 1.72. The molecule has 3 rings (SSSR count). The number of tetrazole rings is 1. The highest BCUT2D eigenvalue weighted by Crippen LogP contribution is 2.30. The fraction of sp³-hybridized carbons (Fsp3) is 0.235. The van der Waals surface area contributed by atoms with Crippen molar-refractivity contribution in [3.63, 3.8) is 0 Å². The number of amides is 1. The van der Waals surface area contributed by atoms with E-state index in [0.29, 0.717) is 28.0 Å². The Bertz CT molecular complexity index is 1010. The highest BCUT2D eigenvalue weighted by atomic mass is 32.2. The lowest BCUT2D eigenvalue weighted by Crippen LogP contribution is -2.15. The number of halogens is 3. The molecule has 2 aromatic heterocycles. The molecule has 0 saturated carbocycles. The third-order valence-electron chi connectivity index (χ3n) is 3.73. The van der Waals surface area contributed by atoms with Crippen molar-refractivity contribution in [3.05, 3.63) is 47.9 Å². The molecule has 0 saturated heterocycles. The first-order valence-corrected chi connectivity index (χ1v) is 9.16. The number of rotatable bonds is 6. The van der Waals surface area contributed by atoms with Crippen LogP contribution in [0.5, 0.6) is 5.75 Å². The summed E-state index contributed by atoms with van der Waals surface area (Å²) in [4.78, 5) is 15.9. The number of thioether (sulfide) groups is 1. The van der Waals surface area contributed by atoms with Crippen molar-refractivity contribution < 1.29 is 22.7 Å². The smallest absolute Gasteiger partial charge is 0.417 e. The van der Waals surface area contributed by atoms with Crippen LogP contribution in [0.3, 0.4) is 0 Å². The maximum Gasteiger partial charge on any atom is 0.417 e. The second-order valence-electron chi connectivity index (χ2n) is 5.74. The molecule has 152 valence electrons. The summed E-state index contributed by atoms with van der Waals surface area (Å²) >= 11 is 1.03. The van der Waals surface area contributed by atoms with E-state index in [1.54, 1.807) is 25.1 Å². The second kappa shape index (κ2) is 8.47. The Labute approximate surface area is 167 Å². The summed E-state index contributed by atoms with van der Waals surface area (Å²) < 4.78 is 44.4. The number of nitrogens with zero attached hydrogens (tertiary/aromatic N) is 5. The lowest BCUT2D eigenvalue weighted by atomic mass is 10.2. The number of alkyl halides is 3. The number of aryl methyl sites for hydroxylation is 1. The molecule has 0 spiro atoms. The van der Waals surface area contributed by atoms with Crippen molar-refractivity contribution in [3.8, 4) is 11.4 Å². The molecule has 0 aliphatic rings. The summed E-state index contributed by atoms with van der Waals surface area (Å²) in [7, 11) is 1.50. The Balaban J connectivity index is 1.66. The van der Waals surface area contributed by atoms with E-state index in [2.05, 4.69) is 25.8 Å². The van der Waals surface area contributed by atoms with Crippen molar-refractivity contribution in [2.45, 2.75) is 18.1 Å². The molecule has 0 unspecified atom stereocenters. The van der Waals surface area contributed by atoms with E-state index in [1.165, 1.54) is 17.9 Å². The van der Waals surface area contributed by atoms with Gasteiger partial charge in [0.1, 0.15) is 11.4 Å². The zero-order valence-electron chi connectivity index (χ0n) is 15.3. The Kier molecular flexibility index (Phi) is 6.01. The van der Waals surface area contributed by atoms with Crippen LogP contribution in [0.1, 0.15) is 11.4 Å². The van der Waals surface area contributed by atoms with Gasteiger partial charge in [0.2, 0.25) is 5.91 Å². The molecule has 8 nitrogen and oxygen atoms in total. The minimum absolute atomic E-state index is 0.0242. The molecule has 1 amide bonds. The van der Waals surface area contributed by atoms with Gasteiger partial charge < -0.3 is 10.1 Å². The number of carbonyl (C=O) groups is 1. The zero-order valence-corrected chi connectivity index (χ0v) is 16.1. The van der Waals surface area contributed by atoms with E-state index in [9.17, 15) is 18.0 Å². The number of ether oxygens (including phenoxy) is 1. The van der Waals surface area contributed by atoms with Gasteiger partial charge in [-0.15, -0.1) is 5.10 Å². The molecule has 0 aliphatic carbocycles. The number of carbonyl (C=O) groups excluding carboxylic acids is 1. The number of hydrogen-bond acceptors (Lipinski definition) is 7. The van der Waals surface area contributed by atoms with Crippen LogP contribution >= 0.6 is 11.8 Å². The Morgan fingerprint density at radius 2 is 2.07 bits per heavy atom. The number of nitrogens with one attached hydrogen (secondary N) is 1. The predicted octanol–water partition coefficient (Wildman–Crippen LogP) is 3.12. The molecule has 0 radical (unpaired) electrons. The van der Waals surface area contributed by atoms with Crippen LogP contribution in [0.25, 0.3) is 5.69 Å². The SMILES string of the molecule is COc1ccc(NC(=O)CSc2ccc(C(F)(F)F)cn2)cc1-n1nnnc1C. The maximum atomic E-state index is 12.6. The van der Waals surface area contributed by atoms with Crippen LogP contribution < -0.4 is 10.1 Å². The molecule has 12 heteroatoms. The van der Waals surface area contributed by atoms with Gasteiger partial charge in [-0.05, 0) is 47.7 Å². The standard InChI is InChI=1S/C17H15F3N6O2S/c1-10-23-24-25-26(10)13-7-12(4-5-14(13)28-2)22-15(27)9-29-16-6-3-11(8-21-16)17(18,19)20/h3-8H,9H2,1-2H3,(H,22,27). The van der Waals surface area contributed by atoms with Crippen LogP contribution in [0.15, 0.2) is 41.6 Å². The number of hydrogen-bond donors (Lipinski definition) is 1. The van der Waals surface area contributed by atoms with Gasteiger partial charge >= 0.3 is 6.18 Å². The van der Waals surface area contributed by atoms with Gasteiger partial charge in [-0.1, -0.05) is 11.8 Å². The zero-order chi connectivity index (χ0) is 21.0.